The number of aliphatic hydroxyl groups is 1. The van der Waals surface area contributed by atoms with Crippen LogP contribution in [0.2, 0.25) is 0 Å². The molecule has 0 aromatic carbocycles. The van der Waals surface area contributed by atoms with Gasteiger partial charge in [0.2, 0.25) is 0 Å². The molecule has 5 heteroatoms. The lowest BCUT2D eigenvalue weighted by molar-refractivity contribution is -0.133. The van der Waals surface area contributed by atoms with Gasteiger partial charge in [0, 0.05) is 11.8 Å². The van der Waals surface area contributed by atoms with Crippen molar-refractivity contribution in [2.24, 2.45) is 57.8 Å². The summed E-state index contributed by atoms with van der Waals surface area (Å²) in [5.41, 5.74) is 0.563. The molecule has 5 rings (SSSR count). The summed E-state index contributed by atoms with van der Waals surface area (Å²) >= 11 is 0. The SMILES string of the molecule is CC1C=CC=C/C1=N/N(N)CC(=O)[C@H]1CC[C@H]2[C@@H]3CC[C@@H]4C[C@](C)(O)CC[C@@H]4[C@H]3CC[C@]12C. The van der Waals surface area contributed by atoms with Crippen molar-refractivity contribution in [3.8, 4) is 0 Å². The first-order chi connectivity index (χ1) is 15.7. The van der Waals surface area contributed by atoms with Gasteiger partial charge in [-0.15, -0.1) is 0 Å². The number of hydrogen-bond donors (Lipinski definition) is 2. The van der Waals surface area contributed by atoms with E-state index < -0.39 is 5.60 Å². The molecule has 3 N–H and O–H groups in total. The van der Waals surface area contributed by atoms with Gasteiger partial charge in [-0.2, -0.15) is 5.10 Å². The zero-order valence-electron chi connectivity index (χ0n) is 20.7. The fourth-order valence-electron chi connectivity index (χ4n) is 8.82. The number of carbonyl (C=O) groups excluding carboxylic acids is 1. The summed E-state index contributed by atoms with van der Waals surface area (Å²) in [4.78, 5) is 13.4. The van der Waals surface area contributed by atoms with E-state index in [9.17, 15) is 9.90 Å². The normalized spacial score (nSPS) is 47.7. The largest absolute Gasteiger partial charge is 0.390 e. The van der Waals surface area contributed by atoms with E-state index in [1.165, 1.54) is 43.6 Å². The molecular formula is C28H43N3O2. The summed E-state index contributed by atoms with van der Waals surface area (Å²) in [6.07, 6.45) is 18.4. The van der Waals surface area contributed by atoms with Crippen LogP contribution in [0.1, 0.15) is 78.6 Å². The van der Waals surface area contributed by atoms with E-state index in [1.54, 1.807) is 0 Å². The van der Waals surface area contributed by atoms with E-state index in [-0.39, 0.29) is 29.6 Å². The molecular weight excluding hydrogens is 410 g/mol. The van der Waals surface area contributed by atoms with E-state index >= 15 is 0 Å². The predicted octanol–water partition coefficient (Wildman–Crippen LogP) is 4.87. The van der Waals surface area contributed by atoms with E-state index in [1.807, 2.05) is 25.2 Å². The van der Waals surface area contributed by atoms with Crippen molar-refractivity contribution < 1.29 is 9.90 Å². The second-order valence-electron chi connectivity index (χ2n) is 12.5. The van der Waals surface area contributed by atoms with Gasteiger partial charge in [0.15, 0.2) is 5.78 Å². The van der Waals surface area contributed by atoms with Gasteiger partial charge in [-0.05, 0) is 106 Å². The van der Waals surface area contributed by atoms with Gasteiger partial charge in [0.25, 0.3) is 0 Å². The maximum atomic E-state index is 13.4. The average Bonchev–Trinajstić information content (AvgIpc) is 3.11. The van der Waals surface area contributed by atoms with Crippen molar-refractivity contribution in [2.75, 3.05) is 6.54 Å². The van der Waals surface area contributed by atoms with Crippen LogP contribution >= 0.6 is 0 Å². The number of allylic oxidation sites excluding steroid dienone is 4. The Kier molecular flexibility index (Phi) is 6.10. The highest BCUT2D eigenvalue weighted by Crippen LogP contribution is 2.64. The van der Waals surface area contributed by atoms with Crippen LogP contribution in [-0.2, 0) is 4.79 Å². The van der Waals surface area contributed by atoms with E-state index in [4.69, 9.17) is 5.84 Å². The number of fused-ring (bicyclic) bond motifs is 5. The minimum absolute atomic E-state index is 0.110. The Hall–Kier alpha value is -1.46. The predicted molar refractivity (Wildman–Crippen MR) is 132 cm³/mol. The molecule has 1 unspecified atom stereocenters. The van der Waals surface area contributed by atoms with Crippen LogP contribution in [0.25, 0.3) is 0 Å². The first kappa shape index (κ1) is 23.3. The molecule has 0 radical (unpaired) electrons. The van der Waals surface area contributed by atoms with E-state index in [2.05, 4.69) is 25.0 Å². The van der Waals surface area contributed by atoms with Crippen molar-refractivity contribution in [1.29, 1.82) is 0 Å². The fourth-order valence-corrected chi connectivity index (χ4v) is 8.82. The zero-order chi connectivity index (χ0) is 23.4. The summed E-state index contributed by atoms with van der Waals surface area (Å²) in [6.45, 7) is 6.74. The topological polar surface area (TPSA) is 78.9 Å². The number of hydrogen-bond acceptors (Lipinski definition) is 5. The Balaban J connectivity index is 1.25. The minimum Gasteiger partial charge on any atom is -0.390 e. The van der Waals surface area contributed by atoms with Gasteiger partial charge >= 0.3 is 0 Å². The van der Waals surface area contributed by atoms with Gasteiger partial charge in [0.1, 0.15) is 6.54 Å². The third-order valence-corrected chi connectivity index (χ3v) is 10.4. The third kappa shape index (κ3) is 4.25. The standard InChI is InChI=1S/C28H43N3O2/c1-18-6-4-5-7-25(18)30-31(29)17-26(32)24-11-10-23-22-9-8-19-16-27(2,33)14-12-20(19)21(22)13-15-28(23,24)3/h4-7,18-24,33H,8-17,29H2,1-3H3/b30-25-/t18?,19-,20+,21-,22-,23+,24-,27-,28+/m1/s1. The first-order valence-electron chi connectivity index (χ1n) is 13.4. The smallest absolute Gasteiger partial charge is 0.159 e. The monoisotopic (exact) mass is 453 g/mol. The quantitative estimate of drug-likeness (QED) is 0.470. The molecule has 0 aliphatic heterocycles. The van der Waals surface area contributed by atoms with Crippen LogP contribution in [0.4, 0.5) is 0 Å². The van der Waals surface area contributed by atoms with Gasteiger partial charge < -0.3 is 5.11 Å². The summed E-state index contributed by atoms with van der Waals surface area (Å²) in [5, 5.41) is 16.5. The van der Waals surface area contributed by atoms with Crippen molar-refractivity contribution in [3.63, 3.8) is 0 Å². The maximum absolute atomic E-state index is 13.4. The molecule has 5 aliphatic carbocycles. The van der Waals surface area contributed by atoms with E-state index in [0.29, 0.717) is 11.8 Å². The molecule has 182 valence electrons. The third-order valence-electron chi connectivity index (χ3n) is 10.4. The molecule has 33 heavy (non-hydrogen) atoms. The van der Waals surface area contributed by atoms with Crippen LogP contribution in [0.3, 0.4) is 0 Å². The van der Waals surface area contributed by atoms with Crippen LogP contribution in [0.5, 0.6) is 0 Å². The Labute approximate surface area is 199 Å². The lowest BCUT2D eigenvalue weighted by Crippen LogP contribution is -2.51. The van der Waals surface area contributed by atoms with Crippen molar-refractivity contribution >= 4 is 11.5 Å². The lowest BCUT2D eigenvalue weighted by Gasteiger charge is -2.56. The number of hydrazone groups is 1. The second-order valence-corrected chi connectivity index (χ2v) is 12.5. The molecule has 0 spiro atoms. The van der Waals surface area contributed by atoms with Crippen LogP contribution in [-0.4, -0.2) is 33.9 Å². The molecule has 5 aliphatic rings. The summed E-state index contributed by atoms with van der Waals surface area (Å²) in [5.74, 6) is 10.5. The van der Waals surface area contributed by atoms with Gasteiger partial charge in [-0.25, -0.2) is 11.0 Å². The Morgan fingerprint density at radius 1 is 1.09 bits per heavy atom. The maximum Gasteiger partial charge on any atom is 0.159 e. The summed E-state index contributed by atoms with van der Waals surface area (Å²) in [6, 6.07) is 0. The van der Waals surface area contributed by atoms with Crippen LogP contribution in [0.15, 0.2) is 29.4 Å². The molecule has 9 atom stereocenters. The van der Waals surface area contributed by atoms with Gasteiger partial charge in [-0.3, -0.25) is 4.79 Å². The number of Topliss-reactive ketones (excluding diaryl/α,β-unsaturated/α-hetero) is 1. The van der Waals surface area contributed by atoms with Gasteiger partial charge in [0.05, 0.1) is 11.3 Å². The van der Waals surface area contributed by atoms with E-state index in [0.717, 1.165) is 42.7 Å². The molecule has 0 heterocycles. The molecule has 4 saturated carbocycles. The van der Waals surface area contributed by atoms with Crippen molar-refractivity contribution in [3.05, 3.63) is 24.3 Å². The lowest BCUT2D eigenvalue weighted by atomic mass is 9.49. The molecule has 0 saturated heterocycles. The number of ketones is 1. The minimum atomic E-state index is -0.457. The number of nitrogens with zero attached hydrogens (tertiary/aromatic N) is 2. The molecule has 5 nitrogen and oxygen atoms in total. The fraction of sp³-hybridized carbons (Fsp3) is 0.786. The summed E-state index contributed by atoms with van der Waals surface area (Å²) in [7, 11) is 0. The Bertz CT molecular complexity index is 861. The first-order valence-corrected chi connectivity index (χ1v) is 13.4. The van der Waals surface area contributed by atoms with Gasteiger partial charge in [-0.1, -0.05) is 32.1 Å². The molecule has 0 aromatic rings. The molecule has 0 bridgehead atoms. The highest BCUT2D eigenvalue weighted by atomic mass is 16.3. The molecule has 0 aromatic heterocycles. The zero-order valence-corrected chi connectivity index (χ0v) is 20.7. The number of rotatable bonds is 4. The highest BCUT2D eigenvalue weighted by molar-refractivity contribution is 5.98. The van der Waals surface area contributed by atoms with Crippen LogP contribution in [0, 0.1) is 46.8 Å². The summed E-state index contributed by atoms with van der Waals surface area (Å²) < 4.78 is 0. The number of nitrogens with two attached hydrogens (primary N) is 1. The number of carbonyl (C=O) groups is 1. The Morgan fingerprint density at radius 3 is 2.67 bits per heavy atom. The van der Waals surface area contributed by atoms with Crippen LogP contribution < -0.4 is 5.84 Å². The average molecular weight is 454 g/mol. The number of hydrazine groups is 1. The van der Waals surface area contributed by atoms with Crippen molar-refractivity contribution in [1.82, 2.24) is 5.12 Å². The molecule has 0 amide bonds. The molecule has 4 fully saturated rings. The second kappa shape index (κ2) is 8.64. The Morgan fingerprint density at radius 2 is 1.88 bits per heavy atom. The van der Waals surface area contributed by atoms with Crippen molar-refractivity contribution in [2.45, 2.75) is 84.2 Å². The highest BCUT2D eigenvalue weighted by Gasteiger charge is 2.58.